The molecular weight excluding hydrogens is 460 g/mol. The minimum atomic E-state index is 0.0303. The van der Waals surface area contributed by atoms with Gasteiger partial charge in [0.25, 0.3) is 5.56 Å². The second-order valence-corrected chi connectivity index (χ2v) is 10.6. The molecule has 0 aliphatic heterocycles. The Labute approximate surface area is 200 Å². The molecule has 0 fully saturated rings. The van der Waals surface area contributed by atoms with Crippen molar-refractivity contribution in [1.82, 2.24) is 9.55 Å². The van der Waals surface area contributed by atoms with Crippen molar-refractivity contribution >= 4 is 44.9 Å². The highest BCUT2D eigenvalue weighted by Gasteiger charge is 2.25. The van der Waals surface area contributed by atoms with Gasteiger partial charge in [0.15, 0.2) is 5.16 Å². The van der Waals surface area contributed by atoms with E-state index in [1.165, 1.54) is 22.2 Å². The summed E-state index contributed by atoms with van der Waals surface area (Å²) in [6.07, 6.45) is 3.12. The Kier molecular flexibility index (Phi) is 6.26. The van der Waals surface area contributed by atoms with E-state index in [0.717, 1.165) is 35.2 Å². The van der Waals surface area contributed by atoms with Gasteiger partial charge in [-0.3, -0.25) is 9.36 Å². The van der Waals surface area contributed by atoms with Gasteiger partial charge in [0.05, 0.1) is 22.7 Å². The first-order chi connectivity index (χ1) is 15.6. The first-order valence-corrected chi connectivity index (χ1v) is 12.9. The molecule has 2 aromatic heterocycles. The van der Waals surface area contributed by atoms with Gasteiger partial charge < -0.3 is 4.74 Å². The summed E-state index contributed by atoms with van der Waals surface area (Å²) in [4.78, 5) is 20.9. The van der Waals surface area contributed by atoms with Gasteiger partial charge in [0, 0.05) is 10.6 Å². The molecule has 0 saturated carbocycles. The third-order valence-electron chi connectivity index (χ3n) is 5.72. The molecule has 4 nitrogen and oxygen atoms in total. The number of halogens is 1. The molecule has 1 aliphatic carbocycles. The van der Waals surface area contributed by atoms with Crippen LogP contribution in [0.1, 0.15) is 23.8 Å². The summed E-state index contributed by atoms with van der Waals surface area (Å²) < 4.78 is 7.59. The second-order valence-electron chi connectivity index (χ2n) is 8.03. The Morgan fingerprint density at radius 3 is 2.78 bits per heavy atom. The quantitative estimate of drug-likeness (QED) is 0.181. The molecule has 0 spiro atoms. The maximum Gasteiger partial charge on any atom is 0.267 e. The average molecular weight is 483 g/mol. The van der Waals surface area contributed by atoms with Crippen LogP contribution in [-0.4, -0.2) is 21.9 Å². The van der Waals surface area contributed by atoms with Crippen LogP contribution in [0.5, 0.6) is 5.75 Å². The van der Waals surface area contributed by atoms with Gasteiger partial charge in [0.2, 0.25) is 0 Å². The van der Waals surface area contributed by atoms with E-state index in [1.807, 2.05) is 54.6 Å². The second kappa shape index (κ2) is 9.30. The predicted octanol–water partition coefficient (Wildman–Crippen LogP) is 6.40. The minimum absolute atomic E-state index is 0.0303. The zero-order valence-corrected chi connectivity index (χ0v) is 20.1. The van der Waals surface area contributed by atoms with E-state index in [1.54, 1.807) is 15.9 Å². The molecule has 2 aromatic carbocycles. The Morgan fingerprint density at radius 2 is 1.97 bits per heavy atom. The molecular formula is C25H23ClN2O2S2. The third kappa shape index (κ3) is 4.19. The zero-order valence-electron chi connectivity index (χ0n) is 17.7. The topological polar surface area (TPSA) is 44.1 Å². The number of hydrogen-bond acceptors (Lipinski definition) is 5. The number of rotatable bonds is 6. The number of aryl methyl sites for hydroxylation is 1. The van der Waals surface area contributed by atoms with Crippen LogP contribution in [0.4, 0.5) is 0 Å². The first kappa shape index (κ1) is 21.6. The Hall–Kier alpha value is -2.28. The van der Waals surface area contributed by atoms with E-state index < -0.39 is 0 Å². The van der Waals surface area contributed by atoms with Crippen molar-refractivity contribution in [3.8, 4) is 11.4 Å². The van der Waals surface area contributed by atoms with Crippen LogP contribution in [0, 0.1) is 5.92 Å². The number of fused-ring (bicyclic) bond motifs is 3. The van der Waals surface area contributed by atoms with Gasteiger partial charge in [-0.05, 0) is 55.0 Å². The van der Waals surface area contributed by atoms with E-state index in [-0.39, 0.29) is 5.56 Å². The zero-order chi connectivity index (χ0) is 22.1. The average Bonchev–Trinajstić information content (AvgIpc) is 3.16. The van der Waals surface area contributed by atoms with Crippen LogP contribution >= 0.6 is 34.7 Å². The lowest BCUT2D eigenvalue weighted by atomic mass is 9.89. The van der Waals surface area contributed by atoms with Crippen molar-refractivity contribution < 1.29 is 4.74 Å². The van der Waals surface area contributed by atoms with Gasteiger partial charge in [-0.2, -0.15) is 0 Å². The number of para-hydroxylation sites is 2. The SMILES string of the molecule is CC1CCc2c(sc3nc(SCCOc4ccccc4Cl)n(-c4ccccc4)c(=O)c23)C1. The molecule has 0 bridgehead atoms. The lowest BCUT2D eigenvalue weighted by Crippen LogP contribution is -2.23. The van der Waals surface area contributed by atoms with Gasteiger partial charge in [0.1, 0.15) is 10.6 Å². The highest BCUT2D eigenvalue weighted by atomic mass is 35.5. The molecule has 0 amide bonds. The lowest BCUT2D eigenvalue weighted by molar-refractivity contribution is 0.344. The predicted molar refractivity (Wildman–Crippen MR) is 134 cm³/mol. The Morgan fingerprint density at radius 1 is 1.19 bits per heavy atom. The molecule has 164 valence electrons. The van der Waals surface area contributed by atoms with E-state index in [9.17, 15) is 4.79 Å². The summed E-state index contributed by atoms with van der Waals surface area (Å²) in [5.74, 6) is 1.97. The summed E-state index contributed by atoms with van der Waals surface area (Å²) in [6.45, 7) is 2.75. The summed E-state index contributed by atoms with van der Waals surface area (Å²) in [5, 5.41) is 2.09. The Balaban J connectivity index is 1.49. The van der Waals surface area contributed by atoms with Crippen LogP contribution in [-0.2, 0) is 12.8 Å². The molecule has 1 aliphatic rings. The van der Waals surface area contributed by atoms with E-state index in [0.29, 0.717) is 34.2 Å². The van der Waals surface area contributed by atoms with E-state index in [4.69, 9.17) is 21.3 Å². The standard InChI is InChI=1S/C25H23ClN2O2S2/c1-16-11-12-18-21(15-16)32-23-22(18)24(29)28(17-7-3-2-4-8-17)25(27-23)31-14-13-30-20-10-6-5-9-19(20)26/h2-10,16H,11-15H2,1H3. The van der Waals surface area contributed by atoms with Crippen molar-refractivity contribution in [2.24, 2.45) is 5.92 Å². The largest absolute Gasteiger partial charge is 0.491 e. The summed E-state index contributed by atoms with van der Waals surface area (Å²) in [7, 11) is 0. The first-order valence-electron chi connectivity index (χ1n) is 10.7. The fraction of sp³-hybridized carbons (Fsp3) is 0.280. The van der Waals surface area contributed by atoms with Crippen molar-refractivity contribution in [1.29, 1.82) is 0 Å². The number of thioether (sulfide) groups is 1. The monoisotopic (exact) mass is 482 g/mol. The maximum absolute atomic E-state index is 13.7. The summed E-state index contributed by atoms with van der Waals surface area (Å²) >= 11 is 9.40. The Bertz CT molecular complexity index is 1320. The van der Waals surface area contributed by atoms with Crippen molar-refractivity contribution in [2.75, 3.05) is 12.4 Å². The number of aromatic nitrogens is 2. The van der Waals surface area contributed by atoms with E-state index >= 15 is 0 Å². The van der Waals surface area contributed by atoms with Crippen molar-refractivity contribution in [2.45, 2.75) is 31.3 Å². The molecule has 1 unspecified atom stereocenters. The molecule has 32 heavy (non-hydrogen) atoms. The van der Waals surface area contributed by atoms with Gasteiger partial charge in [-0.15, -0.1) is 11.3 Å². The highest BCUT2D eigenvalue weighted by Crippen LogP contribution is 2.37. The fourth-order valence-electron chi connectivity index (χ4n) is 4.12. The molecule has 0 radical (unpaired) electrons. The summed E-state index contributed by atoms with van der Waals surface area (Å²) in [6, 6.07) is 17.2. The van der Waals surface area contributed by atoms with E-state index in [2.05, 4.69) is 6.92 Å². The third-order valence-corrected chi connectivity index (χ3v) is 8.08. The lowest BCUT2D eigenvalue weighted by Gasteiger charge is -2.18. The molecule has 2 heterocycles. The normalized spacial score (nSPS) is 15.6. The number of hydrogen-bond donors (Lipinski definition) is 0. The number of thiophene rings is 1. The number of benzene rings is 2. The number of ether oxygens (including phenoxy) is 1. The molecule has 4 aromatic rings. The maximum atomic E-state index is 13.7. The van der Waals surface area contributed by atoms with Crippen molar-refractivity contribution in [3.05, 3.63) is 80.4 Å². The molecule has 0 saturated heterocycles. The van der Waals surface area contributed by atoms with Crippen LogP contribution < -0.4 is 10.3 Å². The van der Waals surface area contributed by atoms with Crippen LogP contribution in [0.3, 0.4) is 0 Å². The fourth-order valence-corrected chi connectivity index (χ4v) is 6.56. The molecule has 5 rings (SSSR count). The molecule has 7 heteroatoms. The molecule has 0 N–H and O–H groups in total. The van der Waals surface area contributed by atoms with Crippen LogP contribution in [0.15, 0.2) is 64.5 Å². The van der Waals surface area contributed by atoms with Gasteiger partial charge in [-0.1, -0.05) is 60.6 Å². The van der Waals surface area contributed by atoms with Crippen molar-refractivity contribution in [3.63, 3.8) is 0 Å². The van der Waals surface area contributed by atoms with Gasteiger partial charge >= 0.3 is 0 Å². The van der Waals surface area contributed by atoms with Crippen LogP contribution in [0.25, 0.3) is 15.9 Å². The number of nitrogens with zero attached hydrogens (tertiary/aromatic N) is 2. The van der Waals surface area contributed by atoms with Crippen LogP contribution in [0.2, 0.25) is 5.02 Å². The highest BCUT2D eigenvalue weighted by molar-refractivity contribution is 7.99. The smallest absolute Gasteiger partial charge is 0.267 e. The summed E-state index contributed by atoms with van der Waals surface area (Å²) in [5.41, 5.74) is 2.08. The molecule has 1 atom stereocenters. The minimum Gasteiger partial charge on any atom is -0.491 e. The van der Waals surface area contributed by atoms with Gasteiger partial charge in [-0.25, -0.2) is 4.98 Å².